The van der Waals surface area contributed by atoms with Crippen molar-refractivity contribution in [2.75, 3.05) is 0 Å². The highest BCUT2D eigenvalue weighted by molar-refractivity contribution is 5.97. The maximum absolute atomic E-state index is 12.8. The van der Waals surface area contributed by atoms with Crippen LogP contribution < -0.4 is 11.2 Å². The van der Waals surface area contributed by atoms with E-state index in [2.05, 4.69) is 4.98 Å². The summed E-state index contributed by atoms with van der Waals surface area (Å²) < 4.78 is 6.00. The van der Waals surface area contributed by atoms with E-state index in [1.807, 2.05) is 41.1 Å². The van der Waals surface area contributed by atoms with Crippen LogP contribution in [0.1, 0.15) is 5.56 Å². The third-order valence-electron chi connectivity index (χ3n) is 5.99. The molecular formula is C23H20N6O4. The number of fused-ring (bicyclic) bond motifs is 2. The van der Waals surface area contributed by atoms with Crippen molar-refractivity contribution in [1.82, 2.24) is 23.3 Å². The molecule has 33 heavy (non-hydrogen) atoms. The number of rotatable bonds is 4. The largest absolute Gasteiger partial charge is 0.342 e. The standard InChI is InChI=1S/C23H20N6O4/c1-25-19-21(26(2)23(31)27(3)22(19)30)24-20(25)17-13-28(12-14-7-5-4-6-8-14)18-10-9-15(29(32)33)11-16(17)18/h4-11,13H,12H2,1-3H3. The van der Waals surface area contributed by atoms with Gasteiger partial charge in [-0.15, -0.1) is 0 Å². The normalized spacial score (nSPS) is 11.5. The number of nitro benzene ring substituents is 1. The molecule has 0 aliphatic heterocycles. The average Bonchev–Trinajstić information content (AvgIpc) is 3.34. The Balaban J connectivity index is 1.82. The van der Waals surface area contributed by atoms with Crippen LogP contribution >= 0.6 is 0 Å². The van der Waals surface area contributed by atoms with Crippen LogP contribution in [0.5, 0.6) is 0 Å². The molecule has 0 aliphatic rings. The predicted octanol–water partition coefficient (Wildman–Crippen LogP) is 2.55. The summed E-state index contributed by atoms with van der Waals surface area (Å²) in [4.78, 5) is 40.9. The van der Waals surface area contributed by atoms with Crippen LogP contribution in [0.4, 0.5) is 5.69 Å². The maximum atomic E-state index is 12.8. The highest BCUT2D eigenvalue weighted by atomic mass is 16.6. The zero-order valence-corrected chi connectivity index (χ0v) is 18.2. The van der Waals surface area contributed by atoms with Crippen molar-refractivity contribution >= 4 is 27.8 Å². The molecule has 0 amide bonds. The molecule has 2 aromatic carbocycles. The first-order valence-electron chi connectivity index (χ1n) is 10.2. The van der Waals surface area contributed by atoms with E-state index in [-0.39, 0.29) is 16.9 Å². The molecule has 5 rings (SSSR count). The van der Waals surface area contributed by atoms with Crippen molar-refractivity contribution in [1.29, 1.82) is 0 Å². The Labute approximate surface area is 186 Å². The summed E-state index contributed by atoms with van der Waals surface area (Å²) in [5.41, 5.74) is 2.08. The SMILES string of the molecule is Cn1c(=O)c2c(nc(-c3cn(Cc4ccccc4)c4ccc([N+](=O)[O-])cc34)n2C)n(C)c1=O. The molecule has 10 heteroatoms. The average molecular weight is 444 g/mol. The van der Waals surface area contributed by atoms with Crippen molar-refractivity contribution < 1.29 is 4.92 Å². The summed E-state index contributed by atoms with van der Waals surface area (Å²) in [7, 11) is 4.69. The number of aryl methyl sites for hydroxylation is 2. The van der Waals surface area contributed by atoms with Crippen molar-refractivity contribution in [3.05, 3.63) is 91.2 Å². The van der Waals surface area contributed by atoms with E-state index in [4.69, 9.17) is 0 Å². The van der Waals surface area contributed by atoms with Crippen LogP contribution in [-0.4, -0.2) is 28.2 Å². The summed E-state index contributed by atoms with van der Waals surface area (Å²) in [5, 5.41) is 12.1. The number of nitro groups is 1. The van der Waals surface area contributed by atoms with Crippen LogP contribution in [0.15, 0.2) is 64.3 Å². The highest BCUT2D eigenvalue weighted by Gasteiger charge is 2.22. The second-order valence-corrected chi connectivity index (χ2v) is 7.99. The Bertz CT molecular complexity index is 1690. The first kappa shape index (κ1) is 20.4. The quantitative estimate of drug-likeness (QED) is 0.313. The molecule has 0 saturated carbocycles. The summed E-state index contributed by atoms with van der Waals surface area (Å²) in [6.07, 6.45) is 1.88. The van der Waals surface area contributed by atoms with E-state index < -0.39 is 16.2 Å². The molecule has 3 aromatic heterocycles. The lowest BCUT2D eigenvalue weighted by molar-refractivity contribution is -0.384. The fourth-order valence-electron chi connectivity index (χ4n) is 4.25. The molecule has 10 nitrogen and oxygen atoms in total. The zero-order chi connectivity index (χ0) is 23.4. The van der Waals surface area contributed by atoms with Gasteiger partial charge in [-0.05, 0) is 11.6 Å². The number of benzene rings is 2. The molecule has 0 fully saturated rings. The van der Waals surface area contributed by atoms with Gasteiger partial charge in [0.25, 0.3) is 11.2 Å². The van der Waals surface area contributed by atoms with Gasteiger partial charge in [0.05, 0.1) is 4.92 Å². The molecule has 0 radical (unpaired) electrons. The summed E-state index contributed by atoms with van der Waals surface area (Å²) in [6.45, 7) is 0.555. The molecule has 5 aromatic rings. The molecule has 0 unspecified atom stereocenters. The first-order valence-corrected chi connectivity index (χ1v) is 10.2. The molecule has 166 valence electrons. The molecule has 0 N–H and O–H groups in total. The Morgan fingerprint density at radius 1 is 0.970 bits per heavy atom. The third kappa shape index (κ3) is 3.06. The summed E-state index contributed by atoms with van der Waals surface area (Å²) in [5.74, 6) is 0.445. The van der Waals surface area contributed by atoms with Gasteiger partial charge in [-0.25, -0.2) is 9.78 Å². The van der Waals surface area contributed by atoms with Crippen LogP contribution in [0.25, 0.3) is 33.5 Å². The summed E-state index contributed by atoms with van der Waals surface area (Å²) in [6, 6.07) is 14.6. The highest BCUT2D eigenvalue weighted by Crippen LogP contribution is 2.34. The number of hydrogen-bond donors (Lipinski definition) is 0. The van der Waals surface area contributed by atoms with E-state index >= 15 is 0 Å². The van der Waals surface area contributed by atoms with E-state index in [1.165, 1.54) is 23.7 Å². The molecular weight excluding hydrogens is 424 g/mol. The van der Waals surface area contributed by atoms with Crippen molar-refractivity contribution in [2.24, 2.45) is 21.1 Å². The number of non-ortho nitro benzene ring substituents is 1. The fraction of sp³-hybridized carbons (Fsp3) is 0.174. The van der Waals surface area contributed by atoms with E-state index in [9.17, 15) is 19.7 Å². The summed E-state index contributed by atoms with van der Waals surface area (Å²) >= 11 is 0. The zero-order valence-electron chi connectivity index (χ0n) is 18.2. The topological polar surface area (TPSA) is 110 Å². The van der Waals surface area contributed by atoms with Gasteiger partial charge in [-0.2, -0.15) is 0 Å². The number of nitrogens with zero attached hydrogens (tertiary/aromatic N) is 6. The molecule has 0 saturated heterocycles. The van der Waals surface area contributed by atoms with E-state index in [0.29, 0.717) is 23.3 Å². The van der Waals surface area contributed by atoms with E-state index in [1.54, 1.807) is 24.7 Å². The predicted molar refractivity (Wildman–Crippen MR) is 124 cm³/mol. The number of imidazole rings is 1. The lowest BCUT2D eigenvalue weighted by atomic mass is 10.1. The van der Waals surface area contributed by atoms with Gasteiger partial charge in [0.2, 0.25) is 0 Å². The minimum Gasteiger partial charge on any atom is -0.342 e. The second-order valence-electron chi connectivity index (χ2n) is 7.99. The second kappa shape index (κ2) is 7.30. The molecule has 0 bridgehead atoms. The number of aromatic nitrogens is 5. The van der Waals surface area contributed by atoms with Crippen molar-refractivity contribution in [2.45, 2.75) is 6.54 Å². The van der Waals surface area contributed by atoms with Crippen LogP contribution in [0, 0.1) is 10.1 Å². The Morgan fingerprint density at radius 3 is 2.39 bits per heavy atom. The van der Waals surface area contributed by atoms with Crippen molar-refractivity contribution in [3.8, 4) is 11.4 Å². The minimum absolute atomic E-state index is 0.0386. The lowest BCUT2D eigenvalue weighted by Gasteiger charge is -2.05. The molecule has 0 aliphatic carbocycles. The first-order chi connectivity index (χ1) is 15.8. The van der Waals surface area contributed by atoms with Gasteiger partial charge >= 0.3 is 5.69 Å². The smallest absolute Gasteiger partial charge is 0.332 e. The van der Waals surface area contributed by atoms with Gasteiger partial charge in [-0.1, -0.05) is 30.3 Å². The van der Waals surface area contributed by atoms with Gasteiger partial charge in [0.15, 0.2) is 11.2 Å². The Morgan fingerprint density at radius 2 is 1.70 bits per heavy atom. The van der Waals surface area contributed by atoms with Crippen molar-refractivity contribution in [3.63, 3.8) is 0 Å². The third-order valence-corrected chi connectivity index (χ3v) is 5.99. The van der Waals surface area contributed by atoms with Crippen LogP contribution in [-0.2, 0) is 27.7 Å². The maximum Gasteiger partial charge on any atom is 0.332 e. The van der Waals surface area contributed by atoms with Gasteiger partial charge in [0, 0.05) is 62.5 Å². The Hall–Kier alpha value is -4.47. The molecule has 3 heterocycles. The monoisotopic (exact) mass is 444 g/mol. The molecule has 0 spiro atoms. The van der Waals surface area contributed by atoms with Gasteiger partial charge < -0.3 is 9.13 Å². The minimum atomic E-state index is -0.473. The van der Waals surface area contributed by atoms with Crippen LogP contribution in [0.3, 0.4) is 0 Å². The number of hydrogen-bond acceptors (Lipinski definition) is 5. The van der Waals surface area contributed by atoms with Gasteiger partial charge in [0.1, 0.15) is 5.82 Å². The fourth-order valence-corrected chi connectivity index (χ4v) is 4.25. The lowest BCUT2D eigenvalue weighted by Crippen LogP contribution is -2.37. The van der Waals surface area contributed by atoms with Gasteiger partial charge in [-0.3, -0.25) is 24.0 Å². The van der Waals surface area contributed by atoms with E-state index in [0.717, 1.165) is 15.6 Å². The Kier molecular flexibility index (Phi) is 4.52. The molecule has 0 atom stereocenters. The van der Waals surface area contributed by atoms with Crippen LogP contribution in [0.2, 0.25) is 0 Å².